The second-order valence-corrected chi connectivity index (χ2v) is 20.4. The van der Waals surface area contributed by atoms with Crippen molar-refractivity contribution < 1.29 is 80.5 Å². The minimum Gasteiger partial charge on any atom is -0.790 e. The van der Waals surface area contributed by atoms with E-state index in [0.29, 0.717) is 11.7 Å². The number of hydrogen-bond acceptors (Lipinski definition) is 22. The highest BCUT2D eigenvalue weighted by Crippen LogP contribution is 2.56. The highest BCUT2D eigenvalue weighted by atomic mass is 32.2. The van der Waals surface area contributed by atoms with Crippen LogP contribution in [-0.4, -0.2) is 103 Å². The number of anilines is 1. The Morgan fingerprint density at radius 3 is 2.31 bits per heavy atom. The maximum atomic E-state index is 12.7. The normalized spacial score (nSPS) is 21.3. The van der Waals surface area contributed by atoms with Gasteiger partial charge in [0.25, 0.3) is 15.6 Å². The van der Waals surface area contributed by atoms with Crippen LogP contribution in [0.2, 0.25) is 0 Å². The first kappa shape index (κ1) is 51.4. The number of nitrogens with zero attached hydrogens (tertiary/aromatic N) is 4. The molecule has 6 N–H and O–H groups in total. The molecule has 62 heavy (non-hydrogen) atoms. The molecule has 346 valence electrons. The number of phosphoric acid groups is 3. The number of carbonyl (C=O) groups excluding carboxylic acids is 3. The zero-order chi connectivity index (χ0) is 46.2. The summed E-state index contributed by atoms with van der Waals surface area (Å²) in [5.41, 5.74) is 6.15. The van der Waals surface area contributed by atoms with Crippen molar-refractivity contribution in [2.45, 2.75) is 84.0 Å². The van der Waals surface area contributed by atoms with Gasteiger partial charge in [0.2, 0.25) is 11.8 Å². The minimum absolute atomic E-state index is 0.0222. The molecule has 0 bridgehead atoms. The van der Waals surface area contributed by atoms with Crippen LogP contribution < -0.4 is 35.9 Å². The molecule has 0 saturated carbocycles. The van der Waals surface area contributed by atoms with E-state index in [-0.39, 0.29) is 47.5 Å². The molecule has 2 unspecified atom stereocenters. The number of thioether (sulfide) groups is 1. The van der Waals surface area contributed by atoms with Crippen LogP contribution in [0.1, 0.15) is 64.3 Å². The molecule has 2 aromatic heterocycles. The molecule has 24 nitrogen and oxygen atoms in total. The molecule has 0 spiro atoms. The lowest BCUT2D eigenvalue weighted by Crippen LogP contribution is -2.46. The van der Waals surface area contributed by atoms with E-state index in [1.807, 2.05) is 31.2 Å². The minimum atomic E-state index is -5.92. The number of hydrogen-bond donors (Lipinski definition) is 5. The van der Waals surface area contributed by atoms with Gasteiger partial charge >= 0.3 is 0 Å². The Morgan fingerprint density at radius 2 is 1.66 bits per heavy atom. The number of nitrogen functional groups attached to an aromatic ring is 1. The van der Waals surface area contributed by atoms with Crippen molar-refractivity contribution in [1.82, 2.24) is 30.2 Å². The number of ether oxygens (including phenoxy) is 1. The zero-order valence-corrected chi connectivity index (χ0v) is 37.6. The van der Waals surface area contributed by atoms with Gasteiger partial charge in [-0.2, -0.15) is 0 Å². The molecule has 1 aliphatic heterocycles. The number of fused-ring (bicyclic) bond motifs is 1. The number of nitrogens with two attached hydrogens (primary N) is 1. The zero-order valence-electron chi connectivity index (χ0n) is 34.1. The second-order valence-electron chi connectivity index (χ2n) is 15.2. The van der Waals surface area contributed by atoms with Gasteiger partial charge in [-0.25, -0.2) is 19.3 Å². The van der Waals surface area contributed by atoms with E-state index in [4.69, 9.17) is 10.5 Å². The Labute approximate surface area is 360 Å². The van der Waals surface area contributed by atoms with Crippen LogP contribution in [0.5, 0.6) is 0 Å². The van der Waals surface area contributed by atoms with Crippen molar-refractivity contribution in [3.8, 4) is 0 Å². The second kappa shape index (κ2) is 21.6. The molecule has 1 saturated heterocycles. The van der Waals surface area contributed by atoms with Crippen LogP contribution in [-0.2, 0) is 57.1 Å². The SMILES string of the molecule is CC(C)Cc1ccc([C@H](C)C(=O)SCCNC(=O)CCNC(=O)[C@H](O)C(C)(C)COP(=O)([O-])OP(=O)([O-])OC[C@H]2O[C@@H](n3cnc4c(N)ncnc43)[C@H](O)[C@@H]2OP(=O)([O-])[O-])cc1. The van der Waals surface area contributed by atoms with Crippen LogP contribution in [0.3, 0.4) is 0 Å². The van der Waals surface area contributed by atoms with Crippen molar-refractivity contribution in [3.05, 3.63) is 48.0 Å². The molecular weight excluding hydrogens is 903 g/mol. The summed E-state index contributed by atoms with van der Waals surface area (Å²) in [4.78, 5) is 97.2. The molecule has 1 aliphatic rings. The highest BCUT2D eigenvalue weighted by molar-refractivity contribution is 8.13. The Hall–Kier alpha value is -3.22. The molecule has 2 amide bonds. The predicted molar refractivity (Wildman–Crippen MR) is 212 cm³/mol. The summed E-state index contributed by atoms with van der Waals surface area (Å²) in [5, 5.41) is 26.3. The van der Waals surface area contributed by atoms with E-state index in [1.54, 1.807) is 0 Å². The number of aliphatic hydroxyl groups is 2. The Kier molecular flexibility index (Phi) is 17.9. The average molecular weight is 952 g/mol. The quantitative estimate of drug-likeness (QED) is 0.0570. The van der Waals surface area contributed by atoms with Crippen LogP contribution >= 0.6 is 35.2 Å². The summed E-state index contributed by atoms with van der Waals surface area (Å²) in [7, 11) is -17.6. The van der Waals surface area contributed by atoms with Crippen molar-refractivity contribution in [1.29, 1.82) is 0 Å². The lowest BCUT2D eigenvalue weighted by atomic mass is 9.87. The monoisotopic (exact) mass is 951 g/mol. The first-order valence-electron chi connectivity index (χ1n) is 18.9. The summed E-state index contributed by atoms with van der Waals surface area (Å²) in [6, 6.07) is 7.90. The van der Waals surface area contributed by atoms with Gasteiger partial charge in [0, 0.05) is 30.7 Å². The smallest absolute Gasteiger partial charge is 0.274 e. The van der Waals surface area contributed by atoms with Crippen molar-refractivity contribution in [3.63, 3.8) is 0 Å². The van der Waals surface area contributed by atoms with Crippen molar-refractivity contribution in [2.75, 3.05) is 37.8 Å². The van der Waals surface area contributed by atoms with Gasteiger partial charge in [-0.05, 0) is 23.5 Å². The van der Waals surface area contributed by atoms with Crippen molar-refractivity contribution in [2.24, 2.45) is 11.3 Å². The van der Waals surface area contributed by atoms with Crippen LogP contribution in [0, 0.1) is 11.3 Å². The fourth-order valence-electron chi connectivity index (χ4n) is 5.93. The molecule has 8 atom stereocenters. The van der Waals surface area contributed by atoms with Gasteiger partial charge in [-0.1, -0.05) is 70.6 Å². The number of amides is 2. The number of aliphatic hydroxyl groups excluding tert-OH is 2. The molecule has 1 fully saturated rings. The van der Waals surface area contributed by atoms with Gasteiger partial charge in [-0.15, -0.1) is 0 Å². The van der Waals surface area contributed by atoms with E-state index in [0.717, 1.165) is 41.0 Å². The van der Waals surface area contributed by atoms with Crippen LogP contribution in [0.4, 0.5) is 5.82 Å². The first-order valence-corrected chi connectivity index (χ1v) is 24.2. The van der Waals surface area contributed by atoms with E-state index in [2.05, 4.69) is 57.3 Å². The van der Waals surface area contributed by atoms with E-state index in [9.17, 15) is 57.9 Å². The Morgan fingerprint density at radius 1 is 1.00 bits per heavy atom. The topological polar surface area (TPSA) is 375 Å². The van der Waals surface area contributed by atoms with E-state index < -0.39 is 84.6 Å². The third-order valence-electron chi connectivity index (χ3n) is 9.20. The molecule has 0 radical (unpaired) electrons. The van der Waals surface area contributed by atoms with E-state index in [1.165, 1.54) is 19.4 Å². The molecule has 0 aliphatic carbocycles. The maximum Gasteiger partial charge on any atom is 0.274 e. The number of carbonyl (C=O) groups is 3. The number of benzene rings is 1. The maximum absolute atomic E-state index is 12.7. The van der Waals surface area contributed by atoms with Crippen LogP contribution in [0.15, 0.2) is 36.9 Å². The highest BCUT2D eigenvalue weighted by Gasteiger charge is 2.47. The predicted octanol–water partition coefficient (Wildman–Crippen LogP) is -0.861. The van der Waals surface area contributed by atoms with Gasteiger partial charge in [0.05, 0.1) is 33.3 Å². The summed E-state index contributed by atoms with van der Waals surface area (Å²) in [6.45, 7) is 6.14. The number of imidazole rings is 1. The van der Waals surface area contributed by atoms with Gasteiger partial charge in [0.1, 0.15) is 36.3 Å². The fraction of sp³-hybridized carbons (Fsp3) is 0.588. The Bertz CT molecular complexity index is 2180. The lowest BCUT2D eigenvalue weighted by Gasteiger charge is -2.36. The standard InChI is InChI=1S/C34H52N7O17P3S/c1-19(2)14-21-6-8-22(9-7-21)20(3)33(46)62-13-12-36-24(42)10-11-37-31(45)28(44)34(4,5)16-55-61(52,53)58-60(50,51)54-15-23-27(57-59(47,48)49)26(43)32(56-23)41-18-40-25-29(35)38-17-39-30(25)41/h6-9,17-20,23,26-28,32,43-44H,10-16H2,1-5H3,(H,36,42)(H,37,45)(H,50,51)(H,52,53)(H2,35,38,39)(H2,47,48,49)/p-4/t20-,23+,26+,27+,28-,32+/m0/s1. The molecule has 1 aromatic carbocycles. The largest absolute Gasteiger partial charge is 0.790 e. The van der Waals surface area contributed by atoms with E-state index >= 15 is 0 Å². The summed E-state index contributed by atoms with van der Waals surface area (Å²) in [5.74, 6) is -1.08. The van der Waals surface area contributed by atoms with Gasteiger partial charge < -0.3 is 69.0 Å². The average Bonchev–Trinajstić information content (AvgIpc) is 3.74. The molecule has 3 heterocycles. The number of nitrogens with one attached hydrogen (secondary N) is 2. The van der Waals surface area contributed by atoms with Gasteiger partial charge in [0.15, 0.2) is 22.8 Å². The Balaban J connectivity index is 1.19. The third kappa shape index (κ3) is 14.9. The lowest BCUT2D eigenvalue weighted by molar-refractivity contribution is -0.347. The van der Waals surface area contributed by atoms with Gasteiger partial charge in [-0.3, -0.25) is 28.1 Å². The van der Waals surface area contributed by atoms with Crippen molar-refractivity contribution >= 4 is 69.1 Å². The summed E-state index contributed by atoms with van der Waals surface area (Å²) in [6.07, 6.45) is -6.68. The molecule has 4 rings (SSSR count). The fourth-order valence-corrected chi connectivity index (χ4v) is 9.46. The molecule has 28 heteroatoms. The molecular formula is C34H48N7O17P3S-4. The third-order valence-corrected chi connectivity index (χ3v) is 13.3. The number of aromatic nitrogens is 4. The van der Waals surface area contributed by atoms with Crippen LogP contribution in [0.25, 0.3) is 11.2 Å². The molecule has 3 aromatic rings. The summed E-state index contributed by atoms with van der Waals surface area (Å²) >= 11 is 1.08. The first-order chi connectivity index (χ1) is 28.8. The number of rotatable bonds is 23. The number of phosphoric ester groups is 3. The summed E-state index contributed by atoms with van der Waals surface area (Å²) < 4.78 is 60.7.